The maximum Gasteiger partial charge on any atom is 0.266 e. The number of carbonyl (C=O) groups excluding carboxylic acids is 1. The third-order valence-electron chi connectivity index (χ3n) is 2.46. The summed E-state index contributed by atoms with van der Waals surface area (Å²) in [5.74, 6) is 0.759. The maximum atomic E-state index is 12.0. The highest BCUT2D eigenvalue weighted by Gasteiger charge is 2.30. The molecule has 18 heavy (non-hydrogen) atoms. The van der Waals surface area contributed by atoms with Gasteiger partial charge in [0.1, 0.15) is 10.1 Å². The standard InChI is InChI=1S/C13H13NO2S2/c1-3-14-12(15)11(18-13(14)17)8-9(2)7-10-5-4-6-16-10/h4-8H,3H2,1-2H3/b9-7+,11-8+. The molecule has 1 aromatic rings. The van der Waals surface area contributed by atoms with E-state index in [2.05, 4.69) is 0 Å². The predicted molar refractivity (Wildman–Crippen MR) is 78.0 cm³/mol. The molecular weight excluding hydrogens is 266 g/mol. The molecule has 0 bridgehead atoms. The first kappa shape index (κ1) is 13.1. The van der Waals surface area contributed by atoms with Gasteiger partial charge in [-0.1, -0.05) is 24.0 Å². The summed E-state index contributed by atoms with van der Waals surface area (Å²) >= 11 is 6.50. The lowest BCUT2D eigenvalue weighted by Gasteiger charge is -2.09. The van der Waals surface area contributed by atoms with Gasteiger partial charge in [0.05, 0.1) is 11.2 Å². The van der Waals surface area contributed by atoms with Gasteiger partial charge in [0.15, 0.2) is 0 Å². The van der Waals surface area contributed by atoms with Crippen LogP contribution < -0.4 is 0 Å². The average molecular weight is 279 g/mol. The van der Waals surface area contributed by atoms with Gasteiger partial charge in [0, 0.05) is 6.54 Å². The molecule has 0 atom stereocenters. The van der Waals surface area contributed by atoms with E-state index in [1.165, 1.54) is 11.8 Å². The summed E-state index contributed by atoms with van der Waals surface area (Å²) in [6.45, 7) is 4.46. The van der Waals surface area contributed by atoms with Gasteiger partial charge < -0.3 is 4.42 Å². The minimum atomic E-state index is -0.0142. The molecule has 0 spiro atoms. The topological polar surface area (TPSA) is 33.5 Å². The zero-order valence-electron chi connectivity index (χ0n) is 10.2. The monoisotopic (exact) mass is 279 g/mol. The summed E-state index contributed by atoms with van der Waals surface area (Å²) in [5, 5.41) is 0. The molecule has 0 radical (unpaired) electrons. The molecule has 2 heterocycles. The van der Waals surface area contributed by atoms with Crippen LogP contribution in [0, 0.1) is 0 Å². The number of carbonyl (C=O) groups is 1. The van der Waals surface area contributed by atoms with Gasteiger partial charge in [-0.25, -0.2) is 0 Å². The Kier molecular flexibility index (Phi) is 4.04. The van der Waals surface area contributed by atoms with Crippen molar-refractivity contribution >= 4 is 40.3 Å². The lowest BCUT2D eigenvalue weighted by Crippen LogP contribution is -2.27. The van der Waals surface area contributed by atoms with E-state index in [-0.39, 0.29) is 5.91 Å². The predicted octanol–water partition coefficient (Wildman–Crippen LogP) is 3.45. The second-order valence-corrected chi connectivity index (χ2v) is 5.51. The van der Waals surface area contributed by atoms with Gasteiger partial charge in [-0.2, -0.15) is 0 Å². The molecule has 0 unspecified atom stereocenters. The van der Waals surface area contributed by atoms with Crippen molar-refractivity contribution in [2.45, 2.75) is 13.8 Å². The van der Waals surface area contributed by atoms with Crippen LogP contribution in [-0.4, -0.2) is 21.7 Å². The average Bonchev–Trinajstić information content (AvgIpc) is 2.89. The van der Waals surface area contributed by atoms with Crippen LogP contribution >= 0.6 is 24.0 Å². The quantitative estimate of drug-likeness (QED) is 0.627. The Morgan fingerprint density at radius 3 is 2.94 bits per heavy atom. The third kappa shape index (κ3) is 2.73. The fourth-order valence-electron chi connectivity index (χ4n) is 1.62. The molecule has 1 fully saturated rings. The van der Waals surface area contributed by atoms with Gasteiger partial charge >= 0.3 is 0 Å². The zero-order chi connectivity index (χ0) is 13.1. The minimum absolute atomic E-state index is 0.0142. The molecule has 3 nitrogen and oxygen atoms in total. The van der Waals surface area contributed by atoms with Crippen molar-refractivity contribution in [1.82, 2.24) is 4.90 Å². The lowest BCUT2D eigenvalue weighted by molar-refractivity contribution is -0.122. The first-order valence-electron chi connectivity index (χ1n) is 5.59. The van der Waals surface area contributed by atoms with E-state index in [1.54, 1.807) is 11.2 Å². The van der Waals surface area contributed by atoms with Crippen LogP contribution in [0.2, 0.25) is 0 Å². The van der Waals surface area contributed by atoms with Crippen LogP contribution in [0.15, 0.2) is 39.4 Å². The van der Waals surface area contributed by atoms with E-state index in [4.69, 9.17) is 16.6 Å². The number of thiocarbonyl (C=S) groups is 1. The van der Waals surface area contributed by atoms with Gasteiger partial charge in [-0.05, 0) is 43.7 Å². The first-order valence-corrected chi connectivity index (χ1v) is 6.81. The van der Waals surface area contributed by atoms with Gasteiger partial charge in [-0.15, -0.1) is 0 Å². The van der Waals surface area contributed by atoms with Crippen molar-refractivity contribution in [2.75, 3.05) is 6.54 Å². The van der Waals surface area contributed by atoms with Crippen LogP contribution in [0.25, 0.3) is 6.08 Å². The summed E-state index contributed by atoms with van der Waals surface area (Å²) < 4.78 is 5.85. The lowest BCUT2D eigenvalue weighted by atomic mass is 10.2. The summed E-state index contributed by atoms with van der Waals surface area (Å²) in [7, 11) is 0. The number of furan rings is 1. The fraction of sp³-hybridized carbons (Fsp3) is 0.231. The SMILES string of the molecule is CCN1C(=O)/C(=C\C(C)=C\c2ccco2)SC1=S. The molecule has 2 rings (SSSR count). The van der Waals surface area contributed by atoms with Crippen molar-refractivity contribution in [2.24, 2.45) is 0 Å². The van der Waals surface area contributed by atoms with E-state index < -0.39 is 0 Å². The largest absolute Gasteiger partial charge is 0.465 e. The number of amides is 1. The third-order valence-corrected chi connectivity index (χ3v) is 3.84. The Morgan fingerprint density at radius 2 is 2.39 bits per heavy atom. The Labute approximate surface area is 116 Å². The van der Waals surface area contributed by atoms with Crippen LogP contribution in [0.3, 0.4) is 0 Å². The maximum absolute atomic E-state index is 12.0. The van der Waals surface area contributed by atoms with E-state index in [0.29, 0.717) is 15.8 Å². The molecule has 1 aliphatic heterocycles. The van der Waals surface area contributed by atoms with Crippen molar-refractivity contribution in [3.05, 3.63) is 40.7 Å². The van der Waals surface area contributed by atoms with Crippen molar-refractivity contribution in [3.63, 3.8) is 0 Å². The summed E-state index contributed by atoms with van der Waals surface area (Å²) in [6, 6.07) is 3.70. The van der Waals surface area contributed by atoms with Crippen LogP contribution in [0.5, 0.6) is 0 Å². The first-order chi connectivity index (χ1) is 8.61. The molecule has 1 amide bonds. The van der Waals surface area contributed by atoms with Crippen molar-refractivity contribution in [3.8, 4) is 0 Å². The number of rotatable bonds is 3. The molecule has 1 aliphatic rings. The molecule has 0 aromatic carbocycles. The van der Waals surface area contributed by atoms with E-state index >= 15 is 0 Å². The number of likely N-dealkylation sites (N-methyl/N-ethyl adjacent to an activating group) is 1. The van der Waals surface area contributed by atoms with Crippen molar-refractivity contribution in [1.29, 1.82) is 0 Å². The normalized spacial score (nSPS) is 19.1. The zero-order valence-corrected chi connectivity index (χ0v) is 11.8. The molecule has 94 valence electrons. The van der Waals surface area contributed by atoms with Crippen LogP contribution in [0.4, 0.5) is 0 Å². The molecule has 1 saturated heterocycles. The number of hydrogen-bond donors (Lipinski definition) is 0. The minimum Gasteiger partial charge on any atom is -0.465 e. The second kappa shape index (κ2) is 5.54. The number of nitrogens with zero attached hydrogens (tertiary/aromatic N) is 1. The fourth-order valence-corrected chi connectivity index (χ4v) is 3.05. The summed E-state index contributed by atoms with van der Waals surface area (Å²) in [4.78, 5) is 14.3. The van der Waals surface area contributed by atoms with Gasteiger partial charge in [0.2, 0.25) is 0 Å². The van der Waals surface area contributed by atoms with Crippen molar-refractivity contribution < 1.29 is 9.21 Å². The molecule has 0 N–H and O–H groups in total. The van der Waals surface area contributed by atoms with E-state index in [9.17, 15) is 4.79 Å². The molecule has 5 heteroatoms. The summed E-state index contributed by atoms with van der Waals surface area (Å²) in [6.07, 6.45) is 5.35. The van der Waals surface area contributed by atoms with Gasteiger partial charge in [-0.3, -0.25) is 9.69 Å². The number of allylic oxidation sites excluding steroid dienone is 2. The molecular formula is C13H13NO2S2. The highest BCUT2D eigenvalue weighted by molar-refractivity contribution is 8.26. The summed E-state index contributed by atoms with van der Waals surface area (Å²) in [5.41, 5.74) is 0.960. The number of thioether (sulfide) groups is 1. The number of hydrogen-bond acceptors (Lipinski definition) is 4. The molecule has 1 aromatic heterocycles. The van der Waals surface area contributed by atoms with E-state index in [1.807, 2.05) is 38.1 Å². The second-order valence-electron chi connectivity index (χ2n) is 3.83. The highest BCUT2D eigenvalue weighted by Crippen LogP contribution is 2.31. The highest BCUT2D eigenvalue weighted by atomic mass is 32.2. The molecule has 0 aliphatic carbocycles. The van der Waals surface area contributed by atoms with E-state index in [0.717, 1.165) is 11.3 Å². The molecule has 0 saturated carbocycles. The van der Waals surface area contributed by atoms with Gasteiger partial charge in [0.25, 0.3) is 5.91 Å². The Morgan fingerprint density at radius 1 is 1.61 bits per heavy atom. The Hall–Kier alpha value is -1.33. The smallest absolute Gasteiger partial charge is 0.266 e. The Balaban J connectivity index is 2.20. The van der Waals surface area contributed by atoms with Crippen LogP contribution in [0.1, 0.15) is 19.6 Å². The van der Waals surface area contributed by atoms with Crippen LogP contribution in [-0.2, 0) is 4.79 Å². The Bertz CT molecular complexity index is 529.